The first kappa shape index (κ1) is 18.8. The number of hydrogen-bond donors (Lipinski definition) is 1. The van der Waals surface area contributed by atoms with E-state index in [1.165, 1.54) is 23.3 Å². The molecule has 0 radical (unpaired) electrons. The van der Waals surface area contributed by atoms with E-state index in [1.807, 2.05) is 12.1 Å². The van der Waals surface area contributed by atoms with Crippen molar-refractivity contribution in [1.82, 2.24) is 5.32 Å². The van der Waals surface area contributed by atoms with Gasteiger partial charge in [0.15, 0.2) is 0 Å². The molecule has 3 aromatic carbocycles. The van der Waals surface area contributed by atoms with E-state index >= 15 is 0 Å². The quantitative estimate of drug-likeness (QED) is 0.519. The van der Waals surface area contributed by atoms with Crippen LogP contribution >= 0.6 is 0 Å². The molecule has 1 amide bonds. The van der Waals surface area contributed by atoms with Crippen molar-refractivity contribution in [3.05, 3.63) is 107 Å². The average molecular weight is 383 g/mol. The van der Waals surface area contributed by atoms with Gasteiger partial charge < -0.3 is 5.32 Å². The van der Waals surface area contributed by atoms with Crippen LogP contribution in [0.2, 0.25) is 0 Å². The van der Waals surface area contributed by atoms with E-state index in [2.05, 4.69) is 17.4 Å². The minimum Gasteiger partial charge on any atom is -0.345 e. The van der Waals surface area contributed by atoms with Crippen molar-refractivity contribution < 1.29 is 14.4 Å². The topological polar surface area (TPSA) is 63.2 Å². The third-order valence-electron chi connectivity index (χ3n) is 5.33. The molecule has 0 heterocycles. The highest BCUT2D eigenvalue weighted by Crippen LogP contribution is 2.29. The lowest BCUT2D eigenvalue weighted by Crippen LogP contribution is -2.31. The second-order valence-electron chi connectivity index (χ2n) is 7.22. The molecule has 0 saturated carbocycles. The predicted octanol–water partition coefficient (Wildman–Crippen LogP) is 4.56. The van der Waals surface area contributed by atoms with Crippen LogP contribution in [0.4, 0.5) is 0 Å². The highest BCUT2D eigenvalue weighted by molar-refractivity contribution is 6.49. The molecule has 0 bridgehead atoms. The van der Waals surface area contributed by atoms with Gasteiger partial charge in [-0.1, -0.05) is 66.7 Å². The highest BCUT2D eigenvalue weighted by atomic mass is 16.2. The summed E-state index contributed by atoms with van der Waals surface area (Å²) in [6.45, 7) is 0. The number of nitrogens with one attached hydrogen (secondary N) is 1. The molecular weight excluding hydrogens is 362 g/mol. The zero-order chi connectivity index (χ0) is 20.2. The monoisotopic (exact) mass is 383 g/mol. The van der Waals surface area contributed by atoms with Gasteiger partial charge >= 0.3 is 0 Å². The number of ketones is 2. The van der Waals surface area contributed by atoms with E-state index in [1.54, 1.807) is 42.5 Å². The van der Waals surface area contributed by atoms with Crippen molar-refractivity contribution in [2.24, 2.45) is 0 Å². The summed E-state index contributed by atoms with van der Waals surface area (Å²) in [7, 11) is 0. The summed E-state index contributed by atoms with van der Waals surface area (Å²) in [5, 5.41) is 3.10. The fourth-order valence-corrected chi connectivity index (χ4v) is 3.77. The number of fused-ring (bicyclic) bond motifs is 1. The Balaban J connectivity index is 1.46. The van der Waals surface area contributed by atoms with Gasteiger partial charge in [0, 0.05) is 16.7 Å². The van der Waals surface area contributed by atoms with Gasteiger partial charge in [0.1, 0.15) is 0 Å². The van der Waals surface area contributed by atoms with Crippen molar-refractivity contribution in [2.45, 2.75) is 25.3 Å². The molecular formula is C25H21NO3. The molecule has 3 aromatic rings. The molecule has 29 heavy (non-hydrogen) atoms. The summed E-state index contributed by atoms with van der Waals surface area (Å²) in [6, 6.07) is 22.9. The molecule has 1 N–H and O–H groups in total. The largest absolute Gasteiger partial charge is 0.345 e. The Kier molecular flexibility index (Phi) is 5.34. The molecule has 0 aliphatic heterocycles. The minimum atomic E-state index is -0.579. The van der Waals surface area contributed by atoms with Gasteiger partial charge in [0.2, 0.25) is 11.6 Å². The number of Topliss-reactive ketones (excluding diaryl/α,β-unsaturated/α-hetero) is 2. The number of carbonyl (C=O) groups excluding carboxylic acids is 3. The molecule has 4 rings (SSSR count). The van der Waals surface area contributed by atoms with Crippen LogP contribution in [0, 0.1) is 0 Å². The lowest BCUT2D eigenvalue weighted by molar-refractivity contribution is 0.0817. The first-order chi connectivity index (χ1) is 14.1. The van der Waals surface area contributed by atoms with E-state index in [-0.39, 0.29) is 17.5 Å². The SMILES string of the molecule is O=C(NC1CCCc2ccccc21)c1ccc(C(=O)C(=O)c2ccccc2)cc1. The third-order valence-corrected chi connectivity index (χ3v) is 5.33. The molecule has 0 spiro atoms. The van der Waals surface area contributed by atoms with E-state index in [9.17, 15) is 14.4 Å². The summed E-state index contributed by atoms with van der Waals surface area (Å²) in [5.41, 5.74) is 3.56. The first-order valence-electron chi connectivity index (χ1n) is 9.76. The van der Waals surface area contributed by atoms with Crippen molar-refractivity contribution >= 4 is 17.5 Å². The maximum atomic E-state index is 12.7. The van der Waals surface area contributed by atoms with E-state index < -0.39 is 11.6 Å². The number of aryl methyl sites for hydroxylation is 1. The lowest BCUT2D eigenvalue weighted by Gasteiger charge is -2.26. The predicted molar refractivity (Wildman–Crippen MR) is 111 cm³/mol. The summed E-state index contributed by atoms with van der Waals surface area (Å²) in [6.07, 6.45) is 2.98. The van der Waals surface area contributed by atoms with Crippen LogP contribution in [0.15, 0.2) is 78.9 Å². The zero-order valence-electron chi connectivity index (χ0n) is 15.9. The second kappa shape index (κ2) is 8.23. The summed E-state index contributed by atoms with van der Waals surface area (Å²) >= 11 is 0. The number of benzene rings is 3. The lowest BCUT2D eigenvalue weighted by atomic mass is 9.87. The smallest absolute Gasteiger partial charge is 0.251 e. The number of hydrogen-bond acceptors (Lipinski definition) is 3. The molecule has 0 fully saturated rings. The van der Waals surface area contributed by atoms with Gasteiger partial charge in [-0.2, -0.15) is 0 Å². The van der Waals surface area contributed by atoms with Crippen LogP contribution in [0.3, 0.4) is 0 Å². The van der Waals surface area contributed by atoms with Crippen LogP contribution in [0.5, 0.6) is 0 Å². The minimum absolute atomic E-state index is 0.00610. The van der Waals surface area contributed by atoms with E-state index in [4.69, 9.17) is 0 Å². The maximum absolute atomic E-state index is 12.7. The van der Waals surface area contributed by atoms with Gasteiger partial charge in [-0.05, 0) is 42.5 Å². The normalized spacial score (nSPS) is 15.2. The number of rotatable bonds is 5. The van der Waals surface area contributed by atoms with Gasteiger partial charge in [-0.15, -0.1) is 0 Å². The first-order valence-corrected chi connectivity index (χ1v) is 9.76. The van der Waals surface area contributed by atoms with Crippen molar-refractivity contribution in [1.29, 1.82) is 0 Å². The summed E-state index contributed by atoms with van der Waals surface area (Å²) in [4.78, 5) is 37.4. The molecule has 1 unspecified atom stereocenters. The third kappa shape index (κ3) is 4.02. The molecule has 1 aliphatic rings. The van der Waals surface area contributed by atoms with Crippen LogP contribution in [-0.2, 0) is 6.42 Å². The Morgan fingerprint density at radius 1 is 0.690 bits per heavy atom. The van der Waals surface area contributed by atoms with E-state index in [0.717, 1.165) is 19.3 Å². The zero-order valence-corrected chi connectivity index (χ0v) is 15.9. The molecule has 1 aliphatic carbocycles. The van der Waals surface area contributed by atoms with Gasteiger partial charge in [-0.25, -0.2) is 0 Å². The van der Waals surface area contributed by atoms with Crippen molar-refractivity contribution in [3.63, 3.8) is 0 Å². The molecule has 0 aromatic heterocycles. The maximum Gasteiger partial charge on any atom is 0.251 e. The standard InChI is InChI=1S/C25H21NO3/c27-23(18-8-2-1-3-9-18)24(28)19-13-15-20(16-14-19)25(29)26-22-12-6-10-17-7-4-5-11-21(17)22/h1-5,7-9,11,13-16,22H,6,10,12H2,(H,26,29). The van der Waals surface area contributed by atoms with Crippen LogP contribution in [-0.4, -0.2) is 17.5 Å². The Morgan fingerprint density at radius 2 is 1.28 bits per heavy atom. The van der Waals surface area contributed by atoms with Crippen molar-refractivity contribution in [2.75, 3.05) is 0 Å². The Labute approximate surface area is 169 Å². The average Bonchev–Trinajstić information content (AvgIpc) is 2.79. The molecule has 4 heteroatoms. The summed E-state index contributed by atoms with van der Waals surface area (Å²) < 4.78 is 0. The number of amides is 1. The van der Waals surface area contributed by atoms with Crippen LogP contribution in [0.1, 0.15) is 61.1 Å². The van der Waals surface area contributed by atoms with E-state index in [0.29, 0.717) is 11.1 Å². The van der Waals surface area contributed by atoms with Gasteiger partial charge in [-0.3, -0.25) is 14.4 Å². The van der Waals surface area contributed by atoms with Crippen molar-refractivity contribution in [3.8, 4) is 0 Å². The Morgan fingerprint density at radius 3 is 2.00 bits per heavy atom. The second-order valence-corrected chi connectivity index (χ2v) is 7.22. The molecule has 1 atom stereocenters. The summed E-state index contributed by atoms with van der Waals surface area (Å²) in [5.74, 6) is -1.31. The molecule has 144 valence electrons. The molecule has 0 saturated heterocycles. The number of carbonyl (C=O) groups is 3. The van der Waals surface area contributed by atoms with Crippen LogP contribution < -0.4 is 5.32 Å². The highest BCUT2D eigenvalue weighted by Gasteiger charge is 2.22. The Hall–Kier alpha value is -3.53. The van der Waals surface area contributed by atoms with Gasteiger partial charge in [0.25, 0.3) is 5.91 Å². The molecule has 4 nitrogen and oxygen atoms in total. The van der Waals surface area contributed by atoms with Gasteiger partial charge in [0.05, 0.1) is 6.04 Å². The fourth-order valence-electron chi connectivity index (χ4n) is 3.77. The fraction of sp³-hybridized carbons (Fsp3) is 0.160. The Bertz CT molecular complexity index is 1050. The van der Waals surface area contributed by atoms with Crippen LogP contribution in [0.25, 0.3) is 0 Å².